The molecule has 0 radical (unpaired) electrons. The second-order valence-electron chi connectivity index (χ2n) is 5.21. The monoisotopic (exact) mass is 244 g/mol. The highest BCUT2D eigenvalue weighted by Crippen LogP contribution is 2.32. The fourth-order valence-corrected chi connectivity index (χ4v) is 2.84. The first kappa shape index (κ1) is 13.2. The third-order valence-corrected chi connectivity index (χ3v) is 4.02. The van der Waals surface area contributed by atoms with Crippen molar-refractivity contribution in [3.63, 3.8) is 0 Å². The lowest BCUT2D eigenvalue weighted by Crippen LogP contribution is -2.04. The van der Waals surface area contributed by atoms with Crippen LogP contribution in [0.2, 0.25) is 0 Å². The van der Waals surface area contributed by atoms with Gasteiger partial charge in [-0.15, -0.1) is 0 Å². The van der Waals surface area contributed by atoms with Crippen LogP contribution in [0.4, 0.5) is 0 Å². The zero-order valence-electron chi connectivity index (χ0n) is 11.6. The Morgan fingerprint density at radius 3 is 2.39 bits per heavy atom. The van der Waals surface area contributed by atoms with E-state index in [-0.39, 0.29) is 0 Å². The number of hydrogen-bond acceptors (Lipinski definition) is 1. The van der Waals surface area contributed by atoms with E-state index in [9.17, 15) is 0 Å². The lowest BCUT2D eigenvalue weighted by Gasteiger charge is -2.22. The molecule has 0 bridgehead atoms. The standard InChI is InChI=1S/C17H24O/c1-3-17(18-2)13-14-9-11-16(12-10-14)15-7-5-4-6-8-15/h3,9-12,15H,4-8,13H2,1-2H3/b17-3-. The normalized spacial score (nSPS) is 17.8. The second kappa shape index (κ2) is 6.63. The number of rotatable bonds is 4. The van der Waals surface area contributed by atoms with Crippen molar-refractivity contribution >= 4 is 0 Å². The molecular formula is C17H24O. The average molecular weight is 244 g/mol. The van der Waals surface area contributed by atoms with Crippen LogP contribution in [0.5, 0.6) is 0 Å². The summed E-state index contributed by atoms with van der Waals surface area (Å²) < 4.78 is 5.31. The van der Waals surface area contributed by atoms with E-state index < -0.39 is 0 Å². The van der Waals surface area contributed by atoms with Gasteiger partial charge in [-0.2, -0.15) is 0 Å². The molecule has 1 aromatic carbocycles. The summed E-state index contributed by atoms with van der Waals surface area (Å²) in [4.78, 5) is 0. The van der Waals surface area contributed by atoms with E-state index in [2.05, 4.69) is 24.3 Å². The van der Waals surface area contributed by atoms with Crippen LogP contribution >= 0.6 is 0 Å². The quantitative estimate of drug-likeness (QED) is 0.689. The highest BCUT2D eigenvalue weighted by molar-refractivity contribution is 5.27. The zero-order valence-corrected chi connectivity index (χ0v) is 11.6. The molecule has 1 aliphatic rings. The number of ether oxygens (including phenoxy) is 1. The Kier molecular flexibility index (Phi) is 4.86. The summed E-state index contributed by atoms with van der Waals surface area (Å²) in [5.74, 6) is 1.84. The Morgan fingerprint density at radius 2 is 1.83 bits per heavy atom. The van der Waals surface area contributed by atoms with Crippen LogP contribution in [-0.2, 0) is 11.2 Å². The van der Waals surface area contributed by atoms with Crippen LogP contribution in [-0.4, -0.2) is 7.11 Å². The molecule has 1 fully saturated rings. The van der Waals surface area contributed by atoms with Gasteiger partial charge in [0.25, 0.3) is 0 Å². The number of allylic oxidation sites excluding steroid dienone is 2. The molecule has 18 heavy (non-hydrogen) atoms. The molecule has 1 heteroatoms. The fraction of sp³-hybridized carbons (Fsp3) is 0.529. The van der Waals surface area contributed by atoms with Crippen LogP contribution in [0.15, 0.2) is 36.1 Å². The third kappa shape index (κ3) is 3.38. The number of benzene rings is 1. The molecule has 1 aromatic rings. The molecular weight excluding hydrogens is 220 g/mol. The van der Waals surface area contributed by atoms with Gasteiger partial charge in [-0.1, -0.05) is 43.5 Å². The predicted octanol–water partition coefficient (Wildman–Crippen LogP) is 4.83. The maximum atomic E-state index is 5.31. The molecule has 1 aliphatic carbocycles. The van der Waals surface area contributed by atoms with E-state index in [1.54, 1.807) is 7.11 Å². The lowest BCUT2D eigenvalue weighted by atomic mass is 9.84. The Hall–Kier alpha value is -1.24. The van der Waals surface area contributed by atoms with Crippen molar-refractivity contribution in [3.8, 4) is 0 Å². The summed E-state index contributed by atoms with van der Waals surface area (Å²) in [6, 6.07) is 9.14. The van der Waals surface area contributed by atoms with Crippen molar-refractivity contribution < 1.29 is 4.74 Å². The van der Waals surface area contributed by atoms with Crippen LogP contribution in [0, 0.1) is 0 Å². The van der Waals surface area contributed by atoms with E-state index in [0.717, 1.165) is 18.1 Å². The van der Waals surface area contributed by atoms with Gasteiger partial charge in [0, 0.05) is 6.42 Å². The minimum Gasteiger partial charge on any atom is -0.501 e. The summed E-state index contributed by atoms with van der Waals surface area (Å²) in [7, 11) is 1.74. The van der Waals surface area contributed by atoms with Gasteiger partial charge in [-0.25, -0.2) is 0 Å². The zero-order chi connectivity index (χ0) is 12.8. The van der Waals surface area contributed by atoms with Gasteiger partial charge in [-0.05, 0) is 42.9 Å². The average Bonchev–Trinajstić information content (AvgIpc) is 2.46. The molecule has 2 rings (SSSR count). The van der Waals surface area contributed by atoms with E-state index in [1.807, 2.05) is 13.0 Å². The number of hydrogen-bond donors (Lipinski definition) is 0. The molecule has 0 aromatic heterocycles. The van der Waals surface area contributed by atoms with Crippen LogP contribution in [0.1, 0.15) is 56.1 Å². The first-order valence-corrected chi connectivity index (χ1v) is 7.11. The van der Waals surface area contributed by atoms with Gasteiger partial charge in [-0.3, -0.25) is 0 Å². The molecule has 1 nitrogen and oxygen atoms in total. The van der Waals surface area contributed by atoms with Crippen molar-refractivity contribution in [3.05, 3.63) is 47.2 Å². The highest BCUT2D eigenvalue weighted by Gasteiger charge is 2.15. The Morgan fingerprint density at radius 1 is 1.17 bits per heavy atom. The van der Waals surface area contributed by atoms with E-state index >= 15 is 0 Å². The van der Waals surface area contributed by atoms with Crippen molar-refractivity contribution in [2.45, 2.75) is 51.4 Å². The van der Waals surface area contributed by atoms with Gasteiger partial charge < -0.3 is 4.74 Å². The molecule has 0 heterocycles. The van der Waals surface area contributed by atoms with Gasteiger partial charge in [0.05, 0.1) is 12.9 Å². The third-order valence-electron chi connectivity index (χ3n) is 4.02. The SMILES string of the molecule is C/C=C(/Cc1ccc(C2CCCCC2)cc1)OC. The summed E-state index contributed by atoms with van der Waals surface area (Å²) in [6.07, 6.45) is 9.91. The smallest absolute Gasteiger partial charge is 0.0956 e. The summed E-state index contributed by atoms with van der Waals surface area (Å²) >= 11 is 0. The van der Waals surface area contributed by atoms with Crippen molar-refractivity contribution in [2.75, 3.05) is 7.11 Å². The fourth-order valence-electron chi connectivity index (χ4n) is 2.84. The first-order valence-electron chi connectivity index (χ1n) is 7.11. The van der Waals surface area contributed by atoms with Crippen LogP contribution in [0.25, 0.3) is 0 Å². The maximum absolute atomic E-state index is 5.31. The minimum absolute atomic E-state index is 0.802. The van der Waals surface area contributed by atoms with E-state index in [1.165, 1.54) is 43.2 Å². The largest absolute Gasteiger partial charge is 0.501 e. The minimum atomic E-state index is 0.802. The summed E-state index contributed by atoms with van der Waals surface area (Å²) in [6.45, 7) is 2.02. The van der Waals surface area contributed by atoms with Crippen LogP contribution < -0.4 is 0 Å². The highest BCUT2D eigenvalue weighted by atomic mass is 16.5. The summed E-state index contributed by atoms with van der Waals surface area (Å²) in [5.41, 5.74) is 2.86. The molecule has 0 amide bonds. The van der Waals surface area contributed by atoms with E-state index in [0.29, 0.717) is 0 Å². The topological polar surface area (TPSA) is 9.23 Å². The van der Waals surface area contributed by atoms with Gasteiger partial charge in [0.15, 0.2) is 0 Å². The molecule has 0 unspecified atom stereocenters. The Bertz CT molecular complexity index is 383. The van der Waals surface area contributed by atoms with Gasteiger partial charge >= 0.3 is 0 Å². The van der Waals surface area contributed by atoms with E-state index in [4.69, 9.17) is 4.74 Å². The molecule has 0 spiro atoms. The first-order chi connectivity index (χ1) is 8.83. The molecule has 0 atom stereocenters. The molecule has 1 saturated carbocycles. The maximum Gasteiger partial charge on any atom is 0.0956 e. The molecule has 0 saturated heterocycles. The Labute approximate surface area is 111 Å². The second-order valence-corrected chi connectivity index (χ2v) is 5.21. The predicted molar refractivity (Wildman–Crippen MR) is 76.7 cm³/mol. The summed E-state index contributed by atoms with van der Waals surface area (Å²) in [5, 5.41) is 0. The lowest BCUT2D eigenvalue weighted by molar-refractivity contribution is 0.282. The van der Waals surface area contributed by atoms with Crippen molar-refractivity contribution in [2.24, 2.45) is 0 Å². The van der Waals surface area contributed by atoms with Crippen molar-refractivity contribution in [1.82, 2.24) is 0 Å². The van der Waals surface area contributed by atoms with Crippen LogP contribution in [0.3, 0.4) is 0 Å². The number of methoxy groups -OCH3 is 1. The van der Waals surface area contributed by atoms with Gasteiger partial charge in [0.1, 0.15) is 0 Å². The molecule has 0 aliphatic heterocycles. The Balaban J connectivity index is 2.00. The molecule has 0 N–H and O–H groups in total. The van der Waals surface area contributed by atoms with Crippen molar-refractivity contribution in [1.29, 1.82) is 0 Å². The molecule has 98 valence electrons. The van der Waals surface area contributed by atoms with Gasteiger partial charge in [0.2, 0.25) is 0 Å².